The Hall–Kier alpha value is -2.08. The van der Waals surface area contributed by atoms with Gasteiger partial charge in [-0.25, -0.2) is 4.39 Å². The van der Waals surface area contributed by atoms with Gasteiger partial charge in [0.1, 0.15) is 5.82 Å². The van der Waals surface area contributed by atoms with Gasteiger partial charge in [0, 0.05) is 17.2 Å². The van der Waals surface area contributed by atoms with Gasteiger partial charge < -0.3 is 16.4 Å². The molecule has 4 N–H and O–H groups in total. The minimum absolute atomic E-state index is 0.259. The average Bonchev–Trinajstić information content (AvgIpc) is 2.42. The Morgan fingerprint density at radius 2 is 1.95 bits per heavy atom. The molecule has 0 saturated carbocycles. The van der Waals surface area contributed by atoms with Crippen LogP contribution in [-0.4, -0.2) is 13.0 Å². The van der Waals surface area contributed by atoms with E-state index in [1.54, 1.807) is 30.3 Å². The van der Waals surface area contributed by atoms with E-state index in [2.05, 4.69) is 26.6 Å². The summed E-state index contributed by atoms with van der Waals surface area (Å²) in [6.45, 7) is 0. The maximum Gasteiger partial charge on any atom is 0.253 e. The molecule has 0 bridgehead atoms. The fourth-order valence-electron chi connectivity index (χ4n) is 1.74. The van der Waals surface area contributed by atoms with Crippen LogP contribution in [0.3, 0.4) is 0 Å². The molecule has 0 atom stereocenters. The molecule has 0 aliphatic rings. The molecule has 6 heteroatoms. The predicted molar refractivity (Wildman–Crippen MR) is 81.6 cm³/mol. The lowest BCUT2D eigenvalue weighted by Crippen LogP contribution is -2.19. The predicted octanol–water partition coefficient (Wildman–Crippen LogP) is 3.27. The highest BCUT2D eigenvalue weighted by Gasteiger charge is 2.12. The van der Waals surface area contributed by atoms with Crippen molar-refractivity contribution in [2.75, 3.05) is 18.1 Å². The lowest BCUT2D eigenvalue weighted by molar-refractivity contribution is 0.0964. The maximum absolute atomic E-state index is 13.8. The van der Waals surface area contributed by atoms with Crippen molar-refractivity contribution in [1.29, 1.82) is 0 Å². The lowest BCUT2D eigenvalue weighted by atomic mass is 10.1. The fraction of sp³-hybridized carbons (Fsp3) is 0.0714. The van der Waals surface area contributed by atoms with Crippen LogP contribution in [0.5, 0.6) is 0 Å². The van der Waals surface area contributed by atoms with E-state index in [0.29, 0.717) is 16.9 Å². The summed E-state index contributed by atoms with van der Waals surface area (Å²) in [6.07, 6.45) is 0. The molecule has 104 valence electrons. The van der Waals surface area contributed by atoms with E-state index in [1.165, 1.54) is 13.1 Å². The van der Waals surface area contributed by atoms with Crippen molar-refractivity contribution in [3.63, 3.8) is 0 Å². The number of carbonyl (C=O) groups is 1. The summed E-state index contributed by atoms with van der Waals surface area (Å²) in [5, 5.41) is 5.42. The molecular weight excluding hydrogens is 325 g/mol. The quantitative estimate of drug-likeness (QED) is 0.753. The Morgan fingerprint density at radius 1 is 1.20 bits per heavy atom. The summed E-state index contributed by atoms with van der Waals surface area (Å²) >= 11 is 3.27. The molecule has 0 fully saturated rings. The molecule has 2 rings (SSSR count). The zero-order chi connectivity index (χ0) is 14.7. The summed E-state index contributed by atoms with van der Waals surface area (Å²) in [5.74, 6) is -0.693. The molecule has 0 spiro atoms. The Bertz CT molecular complexity index is 661. The molecule has 20 heavy (non-hydrogen) atoms. The molecule has 0 unspecified atom stereocenters. The van der Waals surface area contributed by atoms with Gasteiger partial charge in [-0.2, -0.15) is 0 Å². The number of hydrogen-bond acceptors (Lipinski definition) is 3. The number of anilines is 3. The number of benzene rings is 2. The van der Waals surface area contributed by atoms with Crippen molar-refractivity contribution < 1.29 is 9.18 Å². The van der Waals surface area contributed by atoms with Crippen molar-refractivity contribution in [3.8, 4) is 0 Å². The largest absolute Gasteiger partial charge is 0.399 e. The number of carbonyl (C=O) groups excluding carboxylic acids is 1. The minimum Gasteiger partial charge on any atom is -0.399 e. The van der Waals surface area contributed by atoms with Crippen LogP contribution in [0.1, 0.15) is 10.4 Å². The van der Waals surface area contributed by atoms with Crippen LogP contribution in [-0.2, 0) is 0 Å². The molecule has 0 aliphatic heterocycles. The van der Waals surface area contributed by atoms with Gasteiger partial charge in [-0.1, -0.05) is 15.9 Å². The van der Waals surface area contributed by atoms with Crippen molar-refractivity contribution in [3.05, 3.63) is 52.3 Å². The lowest BCUT2D eigenvalue weighted by Gasteiger charge is -2.13. The Morgan fingerprint density at radius 3 is 2.65 bits per heavy atom. The second kappa shape index (κ2) is 5.92. The average molecular weight is 338 g/mol. The summed E-state index contributed by atoms with van der Waals surface area (Å²) in [6, 6.07) is 9.31. The van der Waals surface area contributed by atoms with Gasteiger partial charge in [0.15, 0.2) is 0 Å². The number of amides is 1. The zero-order valence-corrected chi connectivity index (χ0v) is 12.3. The van der Waals surface area contributed by atoms with E-state index in [-0.39, 0.29) is 11.6 Å². The first kappa shape index (κ1) is 14.3. The molecular formula is C14H13BrFN3O. The first-order chi connectivity index (χ1) is 9.51. The van der Waals surface area contributed by atoms with Crippen LogP contribution in [0.15, 0.2) is 40.9 Å². The molecule has 0 radical (unpaired) electrons. The van der Waals surface area contributed by atoms with Gasteiger partial charge >= 0.3 is 0 Å². The first-order valence-corrected chi connectivity index (χ1v) is 6.64. The van der Waals surface area contributed by atoms with Crippen LogP contribution < -0.4 is 16.4 Å². The number of hydrogen-bond donors (Lipinski definition) is 3. The van der Waals surface area contributed by atoms with E-state index in [9.17, 15) is 9.18 Å². The van der Waals surface area contributed by atoms with Crippen molar-refractivity contribution in [2.24, 2.45) is 0 Å². The first-order valence-electron chi connectivity index (χ1n) is 5.85. The van der Waals surface area contributed by atoms with Crippen LogP contribution in [0.25, 0.3) is 0 Å². The van der Waals surface area contributed by atoms with E-state index >= 15 is 0 Å². The third-order valence-electron chi connectivity index (χ3n) is 2.71. The number of nitrogens with two attached hydrogens (primary N) is 1. The Kier molecular flexibility index (Phi) is 4.24. The molecule has 0 aliphatic carbocycles. The van der Waals surface area contributed by atoms with Crippen LogP contribution in [0.4, 0.5) is 21.5 Å². The van der Waals surface area contributed by atoms with Crippen molar-refractivity contribution in [2.45, 2.75) is 0 Å². The Labute approximate surface area is 124 Å². The van der Waals surface area contributed by atoms with Crippen LogP contribution >= 0.6 is 15.9 Å². The zero-order valence-electron chi connectivity index (χ0n) is 10.7. The van der Waals surface area contributed by atoms with Gasteiger partial charge in [0.05, 0.1) is 16.9 Å². The summed E-state index contributed by atoms with van der Waals surface area (Å²) in [5.41, 5.74) is 7.29. The molecule has 0 saturated heterocycles. The number of halogens is 2. The third kappa shape index (κ3) is 3.08. The summed E-state index contributed by atoms with van der Waals surface area (Å²) in [4.78, 5) is 11.8. The summed E-state index contributed by atoms with van der Waals surface area (Å²) < 4.78 is 14.5. The van der Waals surface area contributed by atoms with Gasteiger partial charge in [0.2, 0.25) is 0 Å². The normalized spacial score (nSPS) is 10.2. The number of rotatable bonds is 3. The van der Waals surface area contributed by atoms with E-state index in [0.717, 1.165) is 4.47 Å². The van der Waals surface area contributed by atoms with E-state index in [4.69, 9.17) is 5.73 Å². The molecule has 0 heterocycles. The maximum atomic E-state index is 13.8. The fourth-order valence-corrected chi connectivity index (χ4v) is 2.10. The topological polar surface area (TPSA) is 67.2 Å². The molecule has 2 aromatic rings. The van der Waals surface area contributed by atoms with E-state index < -0.39 is 5.82 Å². The number of nitrogens with one attached hydrogen (secondary N) is 2. The standard InChI is InChI=1S/C14H13BrFN3O/c1-18-14(20)10-4-3-9(17)7-12(10)19-13-6-8(15)2-5-11(13)16/h2-7,19H,17H2,1H3,(H,18,20). The monoisotopic (exact) mass is 337 g/mol. The van der Waals surface area contributed by atoms with Gasteiger partial charge in [-0.05, 0) is 36.4 Å². The second-order valence-electron chi connectivity index (χ2n) is 4.13. The SMILES string of the molecule is CNC(=O)c1ccc(N)cc1Nc1cc(Br)ccc1F. The smallest absolute Gasteiger partial charge is 0.253 e. The third-order valence-corrected chi connectivity index (χ3v) is 3.21. The highest BCUT2D eigenvalue weighted by molar-refractivity contribution is 9.10. The molecule has 4 nitrogen and oxygen atoms in total. The van der Waals surface area contributed by atoms with Crippen LogP contribution in [0, 0.1) is 5.82 Å². The minimum atomic E-state index is -0.418. The Balaban J connectivity index is 2.44. The van der Waals surface area contributed by atoms with Gasteiger partial charge in [-0.3, -0.25) is 4.79 Å². The molecule has 0 aromatic heterocycles. The second-order valence-corrected chi connectivity index (χ2v) is 5.05. The molecule has 2 aromatic carbocycles. The van der Waals surface area contributed by atoms with Gasteiger partial charge in [0.25, 0.3) is 5.91 Å². The summed E-state index contributed by atoms with van der Waals surface area (Å²) in [7, 11) is 1.53. The highest BCUT2D eigenvalue weighted by Crippen LogP contribution is 2.27. The molecule has 1 amide bonds. The highest BCUT2D eigenvalue weighted by atomic mass is 79.9. The van der Waals surface area contributed by atoms with E-state index in [1.807, 2.05) is 0 Å². The number of nitrogen functional groups attached to an aromatic ring is 1. The van der Waals surface area contributed by atoms with Gasteiger partial charge in [-0.15, -0.1) is 0 Å². The van der Waals surface area contributed by atoms with Crippen molar-refractivity contribution >= 4 is 38.9 Å². The van der Waals surface area contributed by atoms with Crippen molar-refractivity contribution in [1.82, 2.24) is 5.32 Å². The van der Waals surface area contributed by atoms with Crippen LogP contribution in [0.2, 0.25) is 0 Å².